The number of rotatable bonds is 4. The molecule has 84 valence electrons. The Morgan fingerprint density at radius 3 is 2.71 bits per heavy atom. The summed E-state index contributed by atoms with van der Waals surface area (Å²) in [6.45, 7) is 5.04. The van der Waals surface area contributed by atoms with Crippen LogP contribution in [0.2, 0.25) is 0 Å². The lowest BCUT2D eigenvalue weighted by molar-refractivity contribution is 0.000205. The van der Waals surface area contributed by atoms with Crippen molar-refractivity contribution >= 4 is 0 Å². The van der Waals surface area contributed by atoms with Gasteiger partial charge in [0.2, 0.25) is 0 Å². The molecule has 0 aromatic heterocycles. The zero-order valence-electron chi connectivity index (χ0n) is 9.70. The molecule has 1 saturated carbocycles. The summed E-state index contributed by atoms with van der Waals surface area (Å²) >= 11 is 0. The van der Waals surface area contributed by atoms with E-state index in [2.05, 4.69) is 13.8 Å². The molecule has 1 fully saturated rings. The van der Waals surface area contributed by atoms with Crippen molar-refractivity contribution in [2.45, 2.75) is 45.6 Å². The van der Waals surface area contributed by atoms with Gasteiger partial charge in [0.25, 0.3) is 0 Å². The van der Waals surface area contributed by atoms with Gasteiger partial charge in [0.15, 0.2) is 0 Å². The third kappa shape index (κ3) is 3.25. The fraction of sp³-hybridized carbons (Fsp3) is 1.00. The maximum Gasteiger partial charge on any atom is 0.0615 e. The Hall–Kier alpha value is -0.0800. The van der Waals surface area contributed by atoms with Crippen LogP contribution >= 0.6 is 0 Å². The molecule has 14 heavy (non-hydrogen) atoms. The second-order valence-electron chi connectivity index (χ2n) is 4.96. The second kappa shape index (κ2) is 5.72. The SMILES string of the molecule is COCC(C)C(O)C1CCCC(C)C1. The van der Waals surface area contributed by atoms with Crippen LogP contribution in [-0.2, 0) is 4.74 Å². The van der Waals surface area contributed by atoms with Gasteiger partial charge in [-0.15, -0.1) is 0 Å². The smallest absolute Gasteiger partial charge is 0.0615 e. The van der Waals surface area contributed by atoms with Gasteiger partial charge >= 0.3 is 0 Å². The fourth-order valence-electron chi connectivity index (χ4n) is 2.62. The first-order valence-electron chi connectivity index (χ1n) is 5.82. The van der Waals surface area contributed by atoms with Gasteiger partial charge in [-0.05, 0) is 24.7 Å². The minimum absolute atomic E-state index is 0.169. The molecule has 0 aliphatic heterocycles. The zero-order valence-corrected chi connectivity index (χ0v) is 9.70. The number of aliphatic hydroxyl groups is 1. The zero-order chi connectivity index (χ0) is 10.6. The molecule has 1 aliphatic rings. The van der Waals surface area contributed by atoms with Gasteiger partial charge in [-0.3, -0.25) is 0 Å². The average Bonchev–Trinajstić information content (AvgIpc) is 2.17. The molecule has 0 spiro atoms. The van der Waals surface area contributed by atoms with E-state index in [-0.39, 0.29) is 12.0 Å². The van der Waals surface area contributed by atoms with Crippen LogP contribution in [0, 0.1) is 17.8 Å². The van der Waals surface area contributed by atoms with Crippen molar-refractivity contribution in [2.24, 2.45) is 17.8 Å². The van der Waals surface area contributed by atoms with E-state index in [1.54, 1.807) is 7.11 Å². The van der Waals surface area contributed by atoms with Gasteiger partial charge in [0.05, 0.1) is 12.7 Å². The molecule has 0 aromatic rings. The Balaban J connectivity index is 2.38. The molecular weight excluding hydrogens is 176 g/mol. The average molecular weight is 200 g/mol. The number of ether oxygens (including phenoxy) is 1. The molecule has 2 nitrogen and oxygen atoms in total. The summed E-state index contributed by atoms with van der Waals surface area (Å²) in [6.07, 6.45) is 4.83. The van der Waals surface area contributed by atoms with E-state index in [0.29, 0.717) is 12.5 Å². The molecule has 0 amide bonds. The maximum atomic E-state index is 10.1. The third-order valence-electron chi connectivity index (χ3n) is 3.47. The summed E-state index contributed by atoms with van der Waals surface area (Å²) < 4.78 is 5.08. The first kappa shape index (κ1) is 12.0. The second-order valence-corrected chi connectivity index (χ2v) is 4.96. The highest BCUT2D eigenvalue weighted by molar-refractivity contribution is 4.79. The Morgan fingerprint density at radius 1 is 1.43 bits per heavy atom. The number of hydrogen-bond acceptors (Lipinski definition) is 2. The van der Waals surface area contributed by atoms with Crippen LogP contribution < -0.4 is 0 Å². The van der Waals surface area contributed by atoms with E-state index in [1.807, 2.05) is 0 Å². The lowest BCUT2D eigenvalue weighted by Crippen LogP contribution is -2.33. The van der Waals surface area contributed by atoms with E-state index in [9.17, 15) is 5.11 Å². The minimum Gasteiger partial charge on any atom is -0.392 e. The minimum atomic E-state index is -0.169. The molecule has 4 atom stereocenters. The summed E-state index contributed by atoms with van der Waals surface area (Å²) in [5.74, 6) is 1.57. The quantitative estimate of drug-likeness (QED) is 0.755. The summed E-state index contributed by atoms with van der Waals surface area (Å²) in [7, 11) is 1.70. The van der Waals surface area contributed by atoms with Gasteiger partial charge in [-0.2, -0.15) is 0 Å². The molecule has 0 heterocycles. The Bertz CT molecular complexity index is 158. The van der Waals surface area contributed by atoms with Crippen LogP contribution in [-0.4, -0.2) is 24.9 Å². The van der Waals surface area contributed by atoms with E-state index in [4.69, 9.17) is 4.74 Å². The molecule has 0 radical (unpaired) electrons. The molecule has 0 aromatic carbocycles. The predicted molar refractivity (Wildman–Crippen MR) is 58.2 cm³/mol. The number of aliphatic hydroxyl groups excluding tert-OH is 1. The highest BCUT2D eigenvalue weighted by Gasteiger charge is 2.28. The van der Waals surface area contributed by atoms with Crippen molar-refractivity contribution < 1.29 is 9.84 Å². The van der Waals surface area contributed by atoms with Crippen molar-refractivity contribution in [3.8, 4) is 0 Å². The Kier molecular flexibility index (Phi) is 4.90. The van der Waals surface area contributed by atoms with E-state index < -0.39 is 0 Å². The molecule has 4 unspecified atom stereocenters. The van der Waals surface area contributed by atoms with E-state index in [0.717, 1.165) is 5.92 Å². The van der Waals surface area contributed by atoms with Crippen LogP contribution in [0.15, 0.2) is 0 Å². The molecule has 0 bridgehead atoms. The van der Waals surface area contributed by atoms with Crippen molar-refractivity contribution in [3.63, 3.8) is 0 Å². The summed E-state index contributed by atoms with van der Waals surface area (Å²) in [6, 6.07) is 0. The van der Waals surface area contributed by atoms with Crippen LogP contribution in [0.3, 0.4) is 0 Å². The van der Waals surface area contributed by atoms with Crippen molar-refractivity contribution in [3.05, 3.63) is 0 Å². The first-order valence-corrected chi connectivity index (χ1v) is 5.82. The third-order valence-corrected chi connectivity index (χ3v) is 3.47. The number of methoxy groups -OCH3 is 1. The highest BCUT2D eigenvalue weighted by Crippen LogP contribution is 2.32. The summed E-state index contributed by atoms with van der Waals surface area (Å²) in [5, 5.41) is 10.1. The van der Waals surface area contributed by atoms with E-state index in [1.165, 1.54) is 25.7 Å². The molecular formula is C12H24O2. The van der Waals surface area contributed by atoms with Gasteiger partial charge in [0, 0.05) is 13.0 Å². The highest BCUT2D eigenvalue weighted by atomic mass is 16.5. The normalized spacial score (nSPS) is 32.6. The molecule has 1 rings (SSSR count). The van der Waals surface area contributed by atoms with Gasteiger partial charge in [-0.25, -0.2) is 0 Å². The first-order chi connectivity index (χ1) is 6.65. The van der Waals surface area contributed by atoms with Crippen LogP contribution in [0.25, 0.3) is 0 Å². The predicted octanol–water partition coefficient (Wildman–Crippen LogP) is 2.46. The molecule has 2 heteroatoms. The Morgan fingerprint density at radius 2 is 2.14 bits per heavy atom. The largest absolute Gasteiger partial charge is 0.392 e. The van der Waals surface area contributed by atoms with E-state index >= 15 is 0 Å². The topological polar surface area (TPSA) is 29.5 Å². The molecule has 1 N–H and O–H groups in total. The maximum absolute atomic E-state index is 10.1. The summed E-state index contributed by atoms with van der Waals surface area (Å²) in [5.41, 5.74) is 0. The molecule has 0 saturated heterocycles. The standard InChI is InChI=1S/C12H24O2/c1-9-5-4-6-11(7-9)12(13)10(2)8-14-3/h9-13H,4-8H2,1-3H3. The number of hydrogen-bond donors (Lipinski definition) is 1. The lowest BCUT2D eigenvalue weighted by Gasteiger charge is -2.33. The summed E-state index contributed by atoms with van der Waals surface area (Å²) in [4.78, 5) is 0. The van der Waals surface area contributed by atoms with Crippen LogP contribution in [0.1, 0.15) is 39.5 Å². The fourth-order valence-corrected chi connectivity index (χ4v) is 2.62. The van der Waals surface area contributed by atoms with Crippen molar-refractivity contribution in [1.82, 2.24) is 0 Å². The Labute approximate surface area is 87.7 Å². The molecule has 1 aliphatic carbocycles. The van der Waals surface area contributed by atoms with Crippen molar-refractivity contribution in [2.75, 3.05) is 13.7 Å². The lowest BCUT2D eigenvalue weighted by atomic mass is 9.77. The van der Waals surface area contributed by atoms with Crippen molar-refractivity contribution in [1.29, 1.82) is 0 Å². The van der Waals surface area contributed by atoms with Crippen LogP contribution in [0.4, 0.5) is 0 Å². The van der Waals surface area contributed by atoms with Gasteiger partial charge in [0.1, 0.15) is 0 Å². The monoisotopic (exact) mass is 200 g/mol. The van der Waals surface area contributed by atoms with Gasteiger partial charge < -0.3 is 9.84 Å². The van der Waals surface area contributed by atoms with Gasteiger partial charge in [-0.1, -0.05) is 26.7 Å². The van der Waals surface area contributed by atoms with Crippen LogP contribution in [0.5, 0.6) is 0 Å².